The Morgan fingerprint density at radius 2 is 0.905 bits per heavy atom. The topological polar surface area (TPSA) is 111 Å². The molecule has 0 aliphatic heterocycles. The molecule has 0 N–H and O–H groups in total. The van der Waals surface area contributed by atoms with Gasteiger partial charge in [0.2, 0.25) is 0 Å². The highest BCUT2D eigenvalue weighted by Crippen LogP contribution is 2.16. The van der Waals surface area contributed by atoms with Crippen molar-refractivity contribution in [3.63, 3.8) is 0 Å². The molecule has 0 aromatic heterocycles. The number of aliphatic carboxylic acids is 1. The number of esters is 2. The van der Waals surface area contributed by atoms with Crippen molar-refractivity contribution in [1.29, 1.82) is 0 Å². The van der Waals surface area contributed by atoms with E-state index >= 15 is 0 Å². The zero-order chi connectivity index (χ0) is 46.3. The minimum atomic E-state index is -1.62. The fraction of sp³-hybridized carbons (Fsp3) is 0.796. The molecule has 9 nitrogen and oxygen atoms in total. The quantitative estimate of drug-likeness (QED) is 0.0195. The minimum absolute atomic E-state index is 0.147. The van der Waals surface area contributed by atoms with E-state index in [0.29, 0.717) is 23.9 Å². The van der Waals surface area contributed by atoms with Crippen LogP contribution in [-0.4, -0.2) is 82.3 Å². The van der Waals surface area contributed by atoms with Crippen LogP contribution in [0.1, 0.15) is 219 Å². The number of nitrogens with zero attached hydrogens (tertiary/aromatic N) is 1. The van der Waals surface area contributed by atoms with Gasteiger partial charge in [-0.25, -0.2) is 0 Å². The highest BCUT2D eigenvalue weighted by molar-refractivity contribution is 5.70. The van der Waals surface area contributed by atoms with E-state index in [0.717, 1.165) is 70.6 Å². The molecule has 2 atom stereocenters. The van der Waals surface area contributed by atoms with Crippen LogP contribution in [0.15, 0.2) is 48.6 Å². The predicted molar refractivity (Wildman–Crippen MR) is 260 cm³/mol. The van der Waals surface area contributed by atoms with Gasteiger partial charge in [-0.15, -0.1) is 0 Å². The lowest BCUT2D eigenvalue weighted by Gasteiger charge is -2.26. The molecule has 0 spiro atoms. The zero-order valence-corrected chi connectivity index (χ0v) is 41.4. The van der Waals surface area contributed by atoms with Crippen LogP contribution in [-0.2, 0) is 33.3 Å². The summed E-state index contributed by atoms with van der Waals surface area (Å²) in [6, 6.07) is 0. The molecule has 0 saturated carbocycles. The number of carboxylic acid groups (broad SMARTS) is 1. The van der Waals surface area contributed by atoms with Crippen molar-refractivity contribution in [2.75, 3.05) is 47.5 Å². The van der Waals surface area contributed by atoms with Gasteiger partial charge in [-0.2, -0.15) is 0 Å². The highest BCUT2D eigenvalue weighted by Gasteiger charge is 2.22. The molecule has 0 aromatic rings. The van der Waals surface area contributed by atoms with E-state index in [-0.39, 0.29) is 32.2 Å². The van der Waals surface area contributed by atoms with E-state index < -0.39 is 24.3 Å². The molecular weight excluding hydrogens is 791 g/mol. The number of hydrogen-bond acceptors (Lipinski definition) is 8. The van der Waals surface area contributed by atoms with Crippen LogP contribution in [0.3, 0.4) is 0 Å². The Bertz CT molecular complexity index is 1170. The van der Waals surface area contributed by atoms with Crippen molar-refractivity contribution in [2.45, 2.75) is 232 Å². The second-order valence-electron chi connectivity index (χ2n) is 18.4. The molecule has 0 radical (unpaired) electrons. The van der Waals surface area contributed by atoms with Crippen molar-refractivity contribution >= 4 is 17.9 Å². The molecule has 0 heterocycles. The van der Waals surface area contributed by atoms with Gasteiger partial charge >= 0.3 is 11.9 Å². The smallest absolute Gasteiger partial charge is 0.306 e. The number of likely N-dealkylation sites (N-methyl/N-ethyl adjacent to an activating group) is 1. The van der Waals surface area contributed by atoms with Crippen molar-refractivity contribution in [1.82, 2.24) is 0 Å². The van der Waals surface area contributed by atoms with E-state index in [9.17, 15) is 19.5 Å². The molecule has 0 rings (SSSR count). The van der Waals surface area contributed by atoms with Crippen molar-refractivity contribution in [3.05, 3.63) is 48.6 Å². The molecule has 9 heteroatoms. The van der Waals surface area contributed by atoms with Crippen molar-refractivity contribution < 1.29 is 42.9 Å². The summed E-state index contributed by atoms with van der Waals surface area (Å²) < 4.78 is 22.6. The number of carbonyl (C=O) groups is 3. The van der Waals surface area contributed by atoms with Crippen LogP contribution in [0.4, 0.5) is 0 Å². The number of unbranched alkanes of at least 4 members (excludes halogenated alkanes) is 24. The van der Waals surface area contributed by atoms with E-state index in [1.165, 1.54) is 116 Å². The maximum atomic E-state index is 12.8. The summed E-state index contributed by atoms with van der Waals surface area (Å²) in [7, 11) is 5.91. The summed E-state index contributed by atoms with van der Waals surface area (Å²) in [4.78, 5) is 37.1. The molecule has 0 aliphatic carbocycles. The summed E-state index contributed by atoms with van der Waals surface area (Å²) in [6.07, 6.45) is 51.4. The molecule has 0 fully saturated rings. The first-order valence-corrected chi connectivity index (χ1v) is 25.8. The SMILES string of the molecule is CC/C=C\C/C=C\C/C=C\C/C=C\CCCCCCCCCCCCC(=O)OC(COC(=O)CCCCCCCCCCCCCCCCC)COC(OCC[N+](C)(C)C)C(=O)[O-]. The van der Waals surface area contributed by atoms with Crippen LogP contribution >= 0.6 is 0 Å². The lowest BCUT2D eigenvalue weighted by atomic mass is 10.0. The number of rotatable bonds is 47. The largest absolute Gasteiger partial charge is 0.545 e. The Balaban J connectivity index is 4.31. The van der Waals surface area contributed by atoms with E-state index in [2.05, 4.69) is 62.5 Å². The van der Waals surface area contributed by atoms with Gasteiger partial charge in [0.25, 0.3) is 0 Å². The number of carbonyl (C=O) groups excluding carboxylic acids is 3. The fourth-order valence-electron chi connectivity index (χ4n) is 7.12. The molecule has 366 valence electrons. The van der Waals surface area contributed by atoms with E-state index in [1.807, 2.05) is 21.1 Å². The van der Waals surface area contributed by atoms with Gasteiger partial charge in [0.05, 0.1) is 40.3 Å². The van der Waals surface area contributed by atoms with E-state index in [4.69, 9.17) is 18.9 Å². The Labute approximate surface area is 387 Å². The summed E-state index contributed by atoms with van der Waals surface area (Å²) in [5.74, 6) is -2.28. The number of ether oxygens (including phenoxy) is 4. The summed E-state index contributed by atoms with van der Waals surface area (Å²) in [6.45, 7) is 4.64. The van der Waals surface area contributed by atoms with Gasteiger partial charge in [-0.3, -0.25) is 9.59 Å². The molecule has 0 amide bonds. The standard InChI is InChI=1S/C54H97NO8/c1-6-8-10-12-14-16-18-20-22-23-24-25-26-27-28-29-31-33-35-37-39-41-43-45-52(57)63-50(49-62-54(53(58)59)60-47-46-55(3,4)5)48-61-51(56)44-42-40-38-36-34-32-30-21-19-17-15-13-11-9-7-2/h8,10,14,16,20,22,24-25,50,54H,6-7,9,11-13,15,17-19,21,23,26-49H2,1-5H3/b10-8-,16-14-,22-20-,25-24-. The summed E-state index contributed by atoms with van der Waals surface area (Å²) in [5, 5.41) is 11.7. The van der Waals surface area contributed by atoms with Gasteiger partial charge in [0.1, 0.15) is 13.2 Å². The minimum Gasteiger partial charge on any atom is -0.545 e. The number of hydrogen-bond donors (Lipinski definition) is 0. The van der Waals surface area contributed by atoms with Gasteiger partial charge in [0, 0.05) is 12.8 Å². The molecule has 2 unspecified atom stereocenters. The van der Waals surface area contributed by atoms with Gasteiger partial charge in [-0.05, 0) is 51.4 Å². The molecule has 0 aliphatic rings. The lowest BCUT2D eigenvalue weighted by molar-refractivity contribution is -0.870. The lowest BCUT2D eigenvalue weighted by Crippen LogP contribution is -2.44. The second kappa shape index (κ2) is 45.8. The van der Waals surface area contributed by atoms with Gasteiger partial charge in [0.15, 0.2) is 12.4 Å². The van der Waals surface area contributed by atoms with E-state index in [1.54, 1.807) is 0 Å². The van der Waals surface area contributed by atoms with Gasteiger partial charge < -0.3 is 33.3 Å². The first-order valence-electron chi connectivity index (χ1n) is 25.8. The summed E-state index contributed by atoms with van der Waals surface area (Å²) in [5.41, 5.74) is 0. The third-order valence-electron chi connectivity index (χ3n) is 11.1. The predicted octanol–water partition coefficient (Wildman–Crippen LogP) is 13.0. The second-order valence-corrected chi connectivity index (χ2v) is 18.4. The average molecular weight is 888 g/mol. The number of allylic oxidation sites excluding steroid dienone is 8. The Kier molecular flexibility index (Phi) is 43.8. The van der Waals surface area contributed by atoms with Crippen LogP contribution in [0.25, 0.3) is 0 Å². The van der Waals surface area contributed by atoms with Crippen LogP contribution in [0.2, 0.25) is 0 Å². The maximum Gasteiger partial charge on any atom is 0.306 e. The maximum absolute atomic E-state index is 12.8. The number of quaternary nitrogens is 1. The molecular formula is C54H97NO8. The van der Waals surface area contributed by atoms with Crippen LogP contribution in [0.5, 0.6) is 0 Å². The van der Waals surface area contributed by atoms with Crippen LogP contribution < -0.4 is 5.11 Å². The zero-order valence-electron chi connectivity index (χ0n) is 41.4. The monoisotopic (exact) mass is 888 g/mol. The highest BCUT2D eigenvalue weighted by atomic mass is 16.7. The first kappa shape index (κ1) is 60.2. The molecule has 0 aromatic carbocycles. The molecule has 0 bridgehead atoms. The Morgan fingerprint density at radius 1 is 0.492 bits per heavy atom. The van der Waals surface area contributed by atoms with Gasteiger partial charge in [-0.1, -0.05) is 204 Å². The Morgan fingerprint density at radius 3 is 1.35 bits per heavy atom. The third kappa shape index (κ3) is 47.0. The summed E-state index contributed by atoms with van der Waals surface area (Å²) >= 11 is 0. The number of carboxylic acids is 1. The third-order valence-corrected chi connectivity index (χ3v) is 11.1. The fourth-order valence-corrected chi connectivity index (χ4v) is 7.12. The Hall–Kier alpha value is -2.75. The first-order chi connectivity index (χ1) is 30.6. The molecule has 63 heavy (non-hydrogen) atoms. The molecule has 0 saturated heterocycles. The van der Waals surface area contributed by atoms with Crippen molar-refractivity contribution in [3.8, 4) is 0 Å². The normalized spacial score (nSPS) is 13.2. The van der Waals surface area contributed by atoms with Crippen molar-refractivity contribution in [2.24, 2.45) is 0 Å². The van der Waals surface area contributed by atoms with Crippen LogP contribution in [0, 0.1) is 0 Å². The average Bonchev–Trinajstić information content (AvgIpc) is 3.24.